The topological polar surface area (TPSA) is 98.7 Å². The molecule has 17 heavy (non-hydrogen) atoms. The number of carbonyl (C=O) groups excluding carboxylic acids is 2. The molecule has 1 atom stereocenters. The zero-order valence-corrected chi connectivity index (χ0v) is 9.32. The third kappa shape index (κ3) is 2.08. The summed E-state index contributed by atoms with van der Waals surface area (Å²) in [4.78, 5) is 35.1. The van der Waals surface area contributed by atoms with Gasteiger partial charge in [0, 0.05) is 12.2 Å². The van der Waals surface area contributed by atoms with E-state index in [4.69, 9.17) is 5.11 Å². The van der Waals surface area contributed by atoms with Crippen LogP contribution >= 0.6 is 0 Å². The average Bonchev–Trinajstić information content (AvgIpc) is 2.52. The van der Waals surface area contributed by atoms with Gasteiger partial charge in [-0.15, -0.1) is 0 Å². The summed E-state index contributed by atoms with van der Waals surface area (Å²) in [6.45, 7) is 2.16. The molecule has 0 aromatic rings. The predicted molar refractivity (Wildman–Crippen MR) is 57.0 cm³/mol. The molecule has 0 bridgehead atoms. The first kappa shape index (κ1) is 11.4. The van der Waals surface area contributed by atoms with E-state index in [1.807, 2.05) is 0 Å². The minimum absolute atomic E-state index is 0.0952. The van der Waals surface area contributed by atoms with Crippen LogP contribution in [0.25, 0.3) is 0 Å². The van der Waals surface area contributed by atoms with Gasteiger partial charge in [-0.2, -0.15) is 0 Å². The molecule has 2 heterocycles. The van der Waals surface area contributed by atoms with Crippen molar-refractivity contribution in [1.29, 1.82) is 0 Å². The van der Waals surface area contributed by atoms with Crippen molar-refractivity contribution >= 4 is 17.9 Å². The molecule has 92 valence electrons. The standard InChI is InChI=1S/C10H13N3O4/c1-5-8-6(12-10(17)11-5)4-13(9(8)16)3-2-7(14)15/h5H,2-4H2,1H3,(H,14,15)(H2,11,12,17). The molecule has 3 amide bonds. The summed E-state index contributed by atoms with van der Waals surface area (Å²) in [7, 11) is 0. The van der Waals surface area contributed by atoms with E-state index < -0.39 is 5.97 Å². The fourth-order valence-electron chi connectivity index (χ4n) is 2.05. The average molecular weight is 239 g/mol. The number of nitrogens with one attached hydrogen (secondary N) is 2. The molecule has 2 rings (SSSR count). The number of nitrogens with zero attached hydrogens (tertiary/aromatic N) is 1. The van der Waals surface area contributed by atoms with Gasteiger partial charge in [0.15, 0.2) is 0 Å². The number of carbonyl (C=O) groups is 3. The Morgan fingerprint density at radius 2 is 2.24 bits per heavy atom. The maximum atomic E-state index is 12.0. The Labute approximate surface area is 97.5 Å². The van der Waals surface area contributed by atoms with Crippen LogP contribution in [-0.2, 0) is 9.59 Å². The van der Waals surface area contributed by atoms with Crippen molar-refractivity contribution < 1.29 is 19.5 Å². The Hall–Kier alpha value is -2.05. The quantitative estimate of drug-likeness (QED) is 0.604. The predicted octanol–water partition coefficient (Wildman–Crippen LogP) is -0.741. The second kappa shape index (κ2) is 4.08. The molecule has 1 unspecified atom stereocenters. The van der Waals surface area contributed by atoms with E-state index in [1.54, 1.807) is 6.92 Å². The Kier molecular flexibility index (Phi) is 2.74. The molecule has 0 saturated heterocycles. The van der Waals surface area contributed by atoms with Gasteiger partial charge in [-0.1, -0.05) is 0 Å². The van der Waals surface area contributed by atoms with Gasteiger partial charge in [0.25, 0.3) is 5.91 Å². The molecule has 2 aliphatic rings. The van der Waals surface area contributed by atoms with Crippen molar-refractivity contribution in [2.75, 3.05) is 13.1 Å². The highest BCUT2D eigenvalue weighted by atomic mass is 16.4. The van der Waals surface area contributed by atoms with Crippen LogP contribution < -0.4 is 10.6 Å². The Balaban J connectivity index is 2.09. The van der Waals surface area contributed by atoms with Crippen LogP contribution in [0.2, 0.25) is 0 Å². The smallest absolute Gasteiger partial charge is 0.319 e. The molecule has 0 aromatic heterocycles. The lowest BCUT2D eigenvalue weighted by Crippen LogP contribution is -2.47. The molecule has 0 saturated carbocycles. The summed E-state index contributed by atoms with van der Waals surface area (Å²) in [5.41, 5.74) is 1.10. The number of carboxylic acids is 1. The molecular formula is C10H13N3O4. The van der Waals surface area contributed by atoms with Crippen LogP contribution in [-0.4, -0.2) is 47.0 Å². The molecule has 0 radical (unpaired) electrons. The van der Waals surface area contributed by atoms with E-state index in [1.165, 1.54) is 4.90 Å². The second-order valence-electron chi connectivity index (χ2n) is 4.08. The maximum Gasteiger partial charge on any atom is 0.319 e. The lowest BCUT2D eigenvalue weighted by molar-refractivity contribution is -0.137. The Morgan fingerprint density at radius 3 is 2.88 bits per heavy atom. The van der Waals surface area contributed by atoms with Gasteiger partial charge in [-0.3, -0.25) is 9.59 Å². The van der Waals surface area contributed by atoms with Gasteiger partial charge in [-0.25, -0.2) is 4.79 Å². The van der Waals surface area contributed by atoms with Crippen molar-refractivity contribution in [3.8, 4) is 0 Å². The van der Waals surface area contributed by atoms with Crippen molar-refractivity contribution in [2.45, 2.75) is 19.4 Å². The molecular weight excluding hydrogens is 226 g/mol. The first-order valence-electron chi connectivity index (χ1n) is 5.30. The van der Waals surface area contributed by atoms with E-state index in [-0.39, 0.29) is 37.5 Å². The highest BCUT2D eigenvalue weighted by Gasteiger charge is 2.37. The SMILES string of the molecule is CC1NC(=O)NC2=C1C(=O)N(CCC(=O)O)C2. The number of rotatable bonds is 3. The van der Waals surface area contributed by atoms with Crippen LogP contribution in [0.3, 0.4) is 0 Å². The number of hydrogen-bond donors (Lipinski definition) is 3. The molecule has 7 heteroatoms. The summed E-state index contributed by atoms with van der Waals surface area (Å²) in [6, 6.07) is -0.662. The van der Waals surface area contributed by atoms with Crippen LogP contribution in [0.15, 0.2) is 11.3 Å². The lowest BCUT2D eigenvalue weighted by atomic mass is 10.1. The van der Waals surface area contributed by atoms with Crippen molar-refractivity contribution in [3.05, 3.63) is 11.3 Å². The second-order valence-corrected chi connectivity index (χ2v) is 4.08. The van der Waals surface area contributed by atoms with Gasteiger partial charge >= 0.3 is 12.0 Å². The molecule has 2 aliphatic heterocycles. The molecule has 0 aromatic carbocycles. The third-order valence-electron chi connectivity index (χ3n) is 2.83. The molecule has 0 fully saturated rings. The fraction of sp³-hybridized carbons (Fsp3) is 0.500. The highest BCUT2D eigenvalue weighted by molar-refractivity contribution is 6.01. The van der Waals surface area contributed by atoms with Crippen LogP contribution in [0.1, 0.15) is 13.3 Å². The van der Waals surface area contributed by atoms with Crippen LogP contribution in [0.5, 0.6) is 0 Å². The van der Waals surface area contributed by atoms with Gasteiger partial charge in [0.05, 0.1) is 24.6 Å². The third-order valence-corrected chi connectivity index (χ3v) is 2.83. The van der Waals surface area contributed by atoms with Crippen LogP contribution in [0, 0.1) is 0 Å². The van der Waals surface area contributed by atoms with Crippen molar-refractivity contribution in [3.63, 3.8) is 0 Å². The van der Waals surface area contributed by atoms with E-state index >= 15 is 0 Å². The van der Waals surface area contributed by atoms with Gasteiger partial charge in [0.1, 0.15) is 0 Å². The lowest BCUT2D eigenvalue weighted by Gasteiger charge is -2.21. The summed E-state index contributed by atoms with van der Waals surface area (Å²) >= 11 is 0. The van der Waals surface area contributed by atoms with E-state index in [2.05, 4.69) is 10.6 Å². The zero-order valence-electron chi connectivity index (χ0n) is 9.32. The van der Waals surface area contributed by atoms with E-state index in [0.29, 0.717) is 11.3 Å². The van der Waals surface area contributed by atoms with Crippen molar-refractivity contribution in [2.24, 2.45) is 0 Å². The van der Waals surface area contributed by atoms with Crippen LogP contribution in [0.4, 0.5) is 4.79 Å². The Bertz CT molecular complexity index is 429. The monoisotopic (exact) mass is 239 g/mol. The largest absolute Gasteiger partial charge is 0.481 e. The number of aliphatic carboxylic acids is 1. The maximum absolute atomic E-state index is 12.0. The molecule has 0 aliphatic carbocycles. The summed E-state index contributed by atoms with van der Waals surface area (Å²) in [6.07, 6.45) is -0.0952. The number of amides is 3. The summed E-state index contributed by atoms with van der Waals surface area (Å²) in [5, 5.41) is 13.8. The van der Waals surface area contributed by atoms with Gasteiger partial charge in [-0.05, 0) is 6.92 Å². The summed E-state index contributed by atoms with van der Waals surface area (Å²) in [5.74, 6) is -1.15. The first-order chi connectivity index (χ1) is 7.99. The summed E-state index contributed by atoms with van der Waals surface area (Å²) < 4.78 is 0. The minimum atomic E-state index is -0.946. The fourth-order valence-corrected chi connectivity index (χ4v) is 2.05. The van der Waals surface area contributed by atoms with E-state index in [0.717, 1.165) is 0 Å². The highest BCUT2D eigenvalue weighted by Crippen LogP contribution is 2.22. The number of hydrogen-bond acceptors (Lipinski definition) is 3. The Morgan fingerprint density at radius 1 is 1.53 bits per heavy atom. The normalized spacial score (nSPS) is 23.4. The molecule has 3 N–H and O–H groups in total. The minimum Gasteiger partial charge on any atom is -0.481 e. The number of urea groups is 1. The first-order valence-corrected chi connectivity index (χ1v) is 5.30. The zero-order chi connectivity index (χ0) is 12.6. The number of carboxylic acid groups (broad SMARTS) is 1. The van der Waals surface area contributed by atoms with Gasteiger partial charge in [0.2, 0.25) is 0 Å². The molecule has 0 spiro atoms. The van der Waals surface area contributed by atoms with E-state index in [9.17, 15) is 14.4 Å². The molecule has 7 nitrogen and oxygen atoms in total. The van der Waals surface area contributed by atoms with Gasteiger partial charge < -0.3 is 20.6 Å². The van der Waals surface area contributed by atoms with Crippen molar-refractivity contribution in [1.82, 2.24) is 15.5 Å².